The molecule has 0 unspecified atom stereocenters. The van der Waals surface area contributed by atoms with Crippen LogP contribution in [-0.2, 0) is 16.1 Å². The van der Waals surface area contributed by atoms with Crippen molar-refractivity contribution in [3.8, 4) is 5.75 Å². The van der Waals surface area contributed by atoms with Crippen LogP contribution in [0, 0.1) is 13.8 Å². The molecule has 1 aromatic carbocycles. The highest BCUT2D eigenvalue weighted by Crippen LogP contribution is 2.30. The molecule has 1 aromatic heterocycles. The summed E-state index contributed by atoms with van der Waals surface area (Å²) in [6.07, 6.45) is 2.75. The molecule has 0 saturated heterocycles. The minimum Gasteiger partial charge on any atom is -0.484 e. The van der Waals surface area contributed by atoms with Crippen LogP contribution in [-0.4, -0.2) is 41.9 Å². The Hall–Kier alpha value is -1.57. The third kappa shape index (κ3) is 6.79. The summed E-state index contributed by atoms with van der Waals surface area (Å²) in [5.41, 5.74) is 2.05. The van der Waals surface area contributed by atoms with Gasteiger partial charge in [-0.25, -0.2) is 0 Å². The van der Waals surface area contributed by atoms with Gasteiger partial charge in [-0.15, -0.1) is 10.2 Å². The van der Waals surface area contributed by atoms with Crippen LogP contribution < -0.4 is 4.74 Å². The van der Waals surface area contributed by atoms with E-state index >= 15 is 0 Å². The van der Waals surface area contributed by atoms with Gasteiger partial charge in [0.15, 0.2) is 6.61 Å². The molecular formula is C21H32N2O4S. The molecule has 0 N–H and O–H groups in total. The standard InChI is InChI=1S/C21H32N2O4S/c1-6-21(7-2,26-12-8-11-24-5)15-28-20-23-22-19(27-20)14-25-18-13-16(3)9-10-17(18)4/h9-10,13H,6-8,11-12,14-15H2,1-5H3. The Morgan fingerprint density at radius 1 is 1.11 bits per heavy atom. The van der Waals surface area contributed by atoms with Crippen molar-refractivity contribution in [3.63, 3.8) is 0 Å². The summed E-state index contributed by atoms with van der Waals surface area (Å²) in [6, 6.07) is 6.12. The van der Waals surface area contributed by atoms with Crippen molar-refractivity contribution in [1.82, 2.24) is 10.2 Å². The molecule has 0 saturated carbocycles. The molecule has 0 atom stereocenters. The summed E-state index contributed by atoms with van der Waals surface area (Å²) in [7, 11) is 1.71. The quantitative estimate of drug-likeness (QED) is 0.342. The fourth-order valence-corrected chi connectivity index (χ4v) is 3.87. The molecule has 2 aromatic rings. The van der Waals surface area contributed by atoms with Crippen LogP contribution in [0.4, 0.5) is 0 Å². The average molecular weight is 409 g/mol. The number of ether oxygens (including phenoxy) is 3. The summed E-state index contributed by atoms with van der Waals surface area (Å²) in [5.74, 6) is 2.09. The summed E-state index contributed by atoms with van der Waals surface area (Å²) in [5, 5.41) is 8.79. The number of nitrogens with zero attached hydrogens (tertiary/aromatic N) is 2. The van der Waals surface area contributed by atoms with Gasteiger partial charge in [0.2, 0.25) is 0 Å². The highest BCUT2D eigenvalue weighted by molar-refractivity contribution is 7.99. The fourth-order valence-electron chi connectivity index (χ4n) is 2.74. The fraction of sp³-hybridized carbons (Fsp3) is 0.619. The van der Waals surface area contributed by atoms with E-state index < -0.39 is 0 Å². The van der Waals surface area contributed by atoms with Gasteiger partial charge in [0.25, 0.3) is 11.1 Å². The Morgan fingerprint density at radius 3 is 2.61 bits per heavy atom. The van der Waals surface area contributed by atoms with E-state index in [1.807, 2.05) is 26.0 Å². The maximum atomic E-state index is 6.17. The zero-order chi connectivity index (χ0) is 20.4. The average Bonchev–Trinajstić information content (AvgIpc) is 3.16. The van der Waals surface area contributed by atoms with Crippen molar-refractivity contribution in [2.24, 2.45) is 0 Å². The zero-order valence-corrected chi connectivity index (χ0v) is 18.4. The molecule has 7 heteroatoms. The number of benzene rings is 1. The molecule has 0 fully saturated rings. The Kier molecular flexibility index (Phi) is 9.28. The van der Waals surface area contributed by atoms with E-state index in [2.05, 4.69) is 30.1 Å². The van der Waals surface area contributed by atoms with Crippen molar-refractivity contribution in [2.45, 2.75) is 64.4 Å². The number of thioether (sulfide) groups is 1. The van der Waals surface area contributed by atoms with E-state index in [0.29, 0.717) is 24.3 Å². The molecular weight excluding hydrogens is 376 g/mol. The first-order valence-electron chi connectivity index (χ1n) is 9.80. The molecule has 0 spiro atoms. The lowest BCUT2D eigenvalue weighted by molar-refractivity contribution is -0.0394. The van der Waals surface area contributed by atoms with Gasteiger partial charge >= 0.3 is 0 Å². The lowest BCUT2D eigenvalue weighted by Gasteiger charge is -2.31. The number of aryl methyl sites for hydroxylation is 2. The molecule has 0 aliphatic heterocycles. The minimum absolute atomic E-state index is 0.192. The van der Waals surface area contributed by atoms with Crippen LogP contribution in [0.2, 0.25) is 0 Å². The van der Waals surface area contributed by atoms with Gasteiger partial charge in [0, 0.05) is 26.1 Å². The molecule has 0 radical (unpaired) electrons. The van der Waals surface area contributed by atoms with Crippen molar-refractivity contribution < 1.29 is 18.6 Å². The highest BCUT2D eigenvalue weighted by atomic mass is 32.2. The van der Waals surface area contributed by atoms with Gasteiger partial charge in [-0.1, -0.05) is 37.7 Å². The first kappa shape index (κ1) is 22.7. The number of rotatable bonds is 13. The third-order valence-electron chi connectivity index (χ3n) is 4.79. The smallest absolute Gasteiger partial charge is 0.276 e. The first-order valence-corrected chi connectivity index (χ1v) is 10.8. The monoisotopic (exact) mass is 408 g/mol. The Bertz CT molecular complexity index is 716. The van der Waals surface area contributed by atoms with Crippen molar-refractivity contribution in [3.05, 3.63) is 35.2 Å². The lowest BCUT2D eigenvalue weighted by atomic mass is 10.00. The molecule has 0 aliphatic carbocycles. The van der Waals surface area contributed by atoms with E-state index in [0.717, 1.165) is 41.9 Å². The number of methoxy groups -OCH3 is 1. The Balaban J connectivity index is 1.87. The van der Waals surface area contributed by atoms with Crippen LogP contribution in [0.5, 0.6) is 5.75 Å². The maximum absolute atomic E-state index is 6.17. The second-order valence-corrected chi connectivity index (χ2v) is 7.82. The second kappa shape index (κ2) is 11.4. The molecule has 0 aliphatic rings. The Morgan fingerprint density at radius 2 is 1.89 bits per heavy atom. The van der Waals surface area contributed by atoms with E-state index in [1.165, 1.54) is 11.8 Å². The van der Waals surface area contributed by atoms with Crippen molar-refractivity contribution in [1.29, 1.82) is 0 Å². The minimum atomic E-state index is -0.192. The normalized spacial score (nSPS) is 11.8. The molecule has 6 nitrogen and oxygen atoms in total. The van der Waals surface area contributed by atoms with Crippen molar-refractivity contribution in [2.75, 3.05) is 26.1 Å². The largest absolute Gasteiger partial charge is 0.484 e. The topological polar surface area (TPSA) is 66.6 Å². The molecule has 0 amide bonds. The van der Waals surface area contributed by atoms with Crippen LogP contribution in [0.25, 0.3) is 0 Å². The zero-order valence-electron chi connectivity index (χ0n) is 17.6. The van der Waals surface area contributed by atoms with E-state index in [4.69, 9.17) is 18.6 Å². The van der Waals surface area contributed by atoms with Crippen LogP contribution in [0.3, 0.4) is 0 Å². The number of hydrogen-bond donors (Lipinski definition) is 0. The summed E-state index contributed by atoms with van der Waals surface area (Å²) >= 11 is 1.54. The molecule has 156 valence electrons. The van der Waals surface area contributed by atoms with Crippen molar-refractivity contribution >= 4 is 11.8 Å². The summed E-state index contributed by atoms with van der Waals surface area (Å²) < 4.78 is 22.8. The SMILES string of the molecule is CCC(CC)(CSc1nnc(COc2cc(C)ccc2C)o1)OCCCOC. The maximum Gasteiger partial charge on any atom is 0.276 e. The molecule has 1 heterocycles. The Labute approximate surface area is 172 Å². The van der Waals surface area contributed by atoms with Gasteiger partial charge < -0.3 is 18.6 Å². The number of aromatic nitrogens is 2. The lowest BCUT2D eigenvalue weighted by Crippen LogP contribution is -2.34. The first-order chi connectivity index (χ1) is 13.5. The van der Waals surface area contributed by atoms with Crippen LogP contribution >= 0.6 is 11.8 Å². The third-order valence-corrected chi connectivity index (χ3v) is 5.87. The molecule has 2 rings (SSSR count). The summed E-state index contributed by atoms with van der Waals surface area (Å²) in [6.45, 7) is 10.0. The van der Waals surface area contributed by atoms with Gasteiger partial charge in [-0.2, -0.15) is 0 Å². The van der Waals surface area contributed by atoms with Gasteiger partial charge in [-0.3, -0.25) is 0 Å². The van der Waals surface area contributed by atoms with Gasteiger partial charge in [-0.05, 0) is 50.3 Å². The highest BCUT2D eigenvalue weighted by Gasteiger charge is 2.28. The molecule has 0 bridgehead atoms. The van der Waals surface area contributed by atoms with E-state index in [1.54, 1.807) is 7.11 Å². The van der Waals surface area contributed by atoms with Gasteiger partial charge in [0.1, 0.15) is 5.75 Å². The predicted molar refractivity (Wildman–Crippen MR) is 111 cm³/mol. The van der Waals surface area contributed by atoms with Crippen LogP contribution in [0.15, 0.2) is 27.8 Å². The number of hydrogen-bond acceptors (Lipinski definition) is 7. The second-order valence-electron chi connectivity index (χ2n) is 6.89. The van der Waals surface area contributed by atoms with Gasteiger partial charge in [0.05, 0.1) is 5.60 Å². The van der Waals surface area contributed by atoms with Crippen LogP contribution in [0.1, 0.15) is 50.1 Å². The summed E-state index contributed by atoms with van der Waals surface area (Å²) in [4.78, 5) is 0. The molecule has 28 heavy (non-hydrogen) atoms. The van der Waals surface area contributed by atoms with E-state index in [9.17, 15) is 0 Å². The predicted octanol–water partition coefficient (Wildman–Crippen LogP) is 4.97. The van der Waals surface area contributed by atoms with E-state index in [-0.39, 0.29) is 12.2 Å².